The second kappa shape index (κ2) is 6.94. The van der Waals surface area contributed by atoms with Crippen molar-refractivity contribution in [3.05, 3.63) is 48.1 Å². The molecule has 0 N–H and O–H groups in total. The molecule has 0 radical (unpaired) electrons. The molecule has 0 aliphatic carbocycles. The van der Waals surface area contributed by atoms with Crippen LogP contribution in [0, 0.1) is 0 Å². The van der Waals surface area contributed by atoms with Gasteiger partial charge in [-0.25, -0.2) is 4.79 Å². The lowest BCUT2D eigenvalue weighted by Gasteiger charge is -2.20. The molecule has 0 atom stereocenters. The van der Waals surface area contributed by atoms with Crippen LogP contribution in [0.25, 0.3) is 6.08 Å². The minimum absolute atomic E-state index is 0.0386. The van der Waals surface area contributed by atoms with Crippen molar-refractivity contribution >= 4 is 12.0 Å². The monoisotopic (exact) mass is 274 g/mol. The summed E-state index contributed by atoms with van der Waals surface area (Å²) in [6.45, 7) is 10.5. The van der Waals surface area contributed by atoms with E-state index in [0.29, 0.717) is 6.61 Å². The van der Waals surface area contributed by atoms with Crippen molar-refractivity contribution in [1.82, 2.24) is 0 Å². The maximum absolute atomic E-state index is 11.2. The van der Waals surface area contributed by atoms with Crippen molar-refractivity contribution in [3.8, 4) is 5.75 Å². The summed E-state index contributed by atoms with van der Waals surface area (Å²) in [5, 5.41) is 0. The Morgan fingerprint density at radius 2 is 2.05 bits per heavy atom. The lowest BCUT2D eigenvalue weighted by atomic mass is 9.86. The van der Waals surface area contributed by atoms with Crippen LogP contribution in [0.4, 0.5) is 0 Å². The van der Waals surface area contributed by atoms with E-state index in [-0.39, 0.29) is 11.4 Å². The van der Waals surface area contributed by atoms with E-state index in [1.54, 1.807) is 12.2 Å². The standard InChI is InChI=1S/C17H22O3/c1-6-11-20-15-12-14(17(2,3)4)9-7-13(15)8-10-16(18)19-5/h6-10,12H,1,11H2,2-5H3/b10-8+. The van der Waals surface area contributed by atoms with Crippen LogP contribution in [0.2, 0.25) is 0 Å². The summed E-state index contributed by atoms with van der Waals surface area (Å²) in [4.78, 5) is 11.2. The van der Waals surface area contributed by atoms with Crippen LogP contribution in [0.1, 0.15) is 31.9 Å². The summed E-state index contributed by atoms with van der Waals surface area (Å²) >= 11 is 0. The molecule has 3 heteroatoms. The second-order valence-corrected chi connectivity index (χ2v) is 5.46. The van der Waals surface area contributed by atoms with Gasteiger partial charge in [0.05, 0.1) is 7.11 Å². The Balaban J connectivity index is 3.12. The fourth-order valence-electron chi connectivity index (χ4n) is 1.64. The summed E-state index contributed by atoms with van der Waals surface area (Å²) in [5.74, 6) is 0.344. The van der Waals surface area contributed by atoms with E-state index < -0.39 is 0 Å². The zero-order valence-electron chi connectivity index (χ0n) is 12.6. The molecule has 0 aliphatic heterocycles. The lowest BCUT2D eigenvalue weighted by molar-refractivity contribution is -0.134. The minimum Gasteiger partial charge on any atom is -0.489 e. The van der Waals surface area contributed by atoms with Gasteiger partial charge in [-0.3, -0.25) is 0 Å². The zero-order chi connectivity index (χ0) is 15.2. The Hall–Kier alpha value is -2.03. The second-order valence-electron chi connectivity index (χ2n) is 5.46. The number of carbonyl (C=O) groups is 1. The molecule has 0 heterocycles. The first-order chi connectivity index (χ1) is 9.38. The average molecular weight is 274 g/mol. The third-order valence-electron chi connectivity index (χ3n) is 2.84. The Labute approximate surface area is 120 Å². The summed E-state index contributed by atoms with van der Waals surface area (Å²) in [6.07, 6.45) is 4.77. The molecular weight excluding hydrogens is 252 g/mol. The van der Waals surface area contributed by atoms with Gasteiger partial charge in [-0.15, -0.1) is 0 Å². The molecule has 0 saturated carbocycles. The molecule has 0 saturated heterocycles. The minimum atomic E-state index is -0.389. The summed E-state index contributed by atoms with van der Waals surface area (Å²) in [7, 11) is 1.35. The molecule has 0 aromatic heterocycles. The van der Waals surface area contributed by atoms with Crippen LogP contribution in [-0.2, 0) is 14.9 Å². The molecule has 0 aliphatic rings. The van der Waals surface area contributed by atoms with E-state index in [4.69, 9.17) is 4.74 Å². The highest BCUT2D eigenvalue weighted by molar-refractivity contribution is 5.87. The Morgan fingerprint density at radius 3 is 2.60 bits per heavy atom. The molecule has 1 aromatic carbocycles. The maximum atomic E-state index is 11.2. The van der Waals surface area contributed by atoms with Gasteiger partial charge in [0.15, 0.2) is 0 Å². The Morgan fingerprint density at radius 1 is 1.35 bits per heavy atom. The smallest absolute Gasteiger partial charge is 0.330 e. The van der Waals surface area contributed by atoms with E-state index in [1.807, 2.05) is 18.2 Å². The zero-order valence-corrected chi connectivity index (χ0v) is 12.6. The Bertz CT molecular complexity index is 507. The van der Waals surface area contributed by atoms with E-state index in [1.165, 1.54) is 18.7 Å². The van der Waals surface area contributed by atoms with E-state index >= 15 is 0 Å². The maximum Gasteiger partial charge on any atom is 0.330 e. The largest absolute Gasteiger partial charge is 0.489 e. The molecule has 3 nitrogen and oxygen atoms in total. The van der Waals surface area contributed by atoms with Gasteiger partial charge in [-0.1, -0.05) is 45.6 Å². The van der Waals surface area contributed by atoms with Gasteiger partial charge in [-0.05, 0) is 23.1 Å². The molecule has 0 spiro atoms. The average Bonchev–Trinajstić information content (AvgIpc) is 2.41. The molecule has 0 fully saturated rings. The highest BCUT2D eigenvalue weighted by atomic mass is 16.5. The number of ether oxygens (including phenoxy) is 2. The lowest BCUT2D eigenvalue weighted by Crippen LogP contribution is -2.11. The van der Waals surface area contributed by atoms with Crippen LogP contribution in [0.5, 0.6) is 5.75 Å². The third-order valence-corrected chi connectivity index (χ3v) is 2.84. The summed E-state index contributed by atoms with van der Waals surface area (Å²) in [5.41, 5.74) is 2.05. The van der Waals surface area contributed by atoms with Crippen molar-refractivity contribution in [1.29, 1.82) is 0 Å². The normalized spacial score (nSPS) is 11.4. The predicted octanol–water partition coefficient (Wildman–Crippen LogP) is 3.74. The van der Waals surface area contributed by atoms with Gasteiger partial charge >= 0.3 is 5.97 Å². The van der Waals surface area contributed by atoms with E-state index in [0.717, 1.165) is 11.3 Å². The van der Waals surface area contributed by atoms with Crippen LogP contribution >= 0.6 is 0 Å². The van der Waals surface area contributed by atoms with Gasteiger partial charge in [0.25, 0.3) is 0 Å². The van der Waals surface area contributed by atoms with E-state index in [9.17, 15) is 4.79 Å². The molecule has 1 rings (SSSR count). The number of hydrogen-bond acceptors (Lipinski definition) is 3. The molecule has 0 bridgehead atoms. The number of methoxy groups -OCH3 is 1. The molecular formula is C17H22O3. The fraction of sp³-hybridized carbons (Fsp3) is 0.353. The number of hydrogen-bond donors (Lipinski definition) is 0. The molecule has 108 valence electrons. The van der Waals surface area contributed by atoms with Crippen LogP contribution in [-0.4, -0.2) is 19.7 Å². The van der Waals surface area contributed by atoms with Gasteiger partial charge in [0.2, 0.25) is 0 Å². The van der Waals surface area contributed by atoms with Crippen molar-refractivity contribution in [2.24, 2.45) is 0 Å². The fourth-order valence-corrected chi connectivity index (χ4v) is 1.64. The Kier molecular flexibility index (Phi) is 5.56. The van der Waals surface area contributed by atoms with Crippen LogP contribution in [0.15, 0.2) is 36.9 Å². The van der Waals surface area contributed by atoms with Crippen molar-refractivity contribution < 1.29 is 14.3 Å². The number of rotatable bonds is 5. The van der Waals surface area contributed by atoms with Crippen molar-refractivity contribution in [2.45, 2.75) is 26.2 Å². The number of carbonyl (C=O) groups excluding carboxylic acids is 1. The van der Waals surface area contributed by atoms with Crippen molar-refractivity contribution in [2.75, 3.05) is 13.7 Å². The number of esters is 1. The van der Waals surface area contributed by atoms with Gasteiger partial charge < -0.3 is 9.47 Å². The van der Waals surface area contributed by atoms with Gasteiger partial charge in [0, 0.05) is 11.6 Å². The SMILES string of the molecule is C=CCOc1cc(C(C)(C)C)ccc1/C=C/C(=O)OC. The first kappa shape index (κ1) is 16.0. The first-order valence-corrected chi connectivity index (χ1v) is 6.52. The van der Waals surface area contributed by atoms with Crippen LogP contribution < -0.4 is 4.74 Å². The van der Waals surface area contributed by atoms with Crippen molar-refractivity contribution in [3.63, 3.8) is 0 Å². The number of benzene rings is 1. The molecule has 0 unspecified atom stereocenters. The van der Waals surface area contributed by atoms with Gasteiger partial charge in [-0.2, -0.15) is 0 Å². The van der Waals surface area contributed by atoms with Gasteiger partial charge in [0.1, 0.15) is 12.4 Å². The molecule has 20 heavy (non-hydrogen) atoms. The molecule has 1 aromatic rings. The highest BCUT2D eigenvalue weighted by Crippen LogP contribution is 2.29. The predicted molar refractivity (Wildman–Crippen MR) is 81.9 cm³/mol. The quantitative estimate of drug-likeness (QED) is 0.466. The first-order valence-electron chi connectivity index (χ1n) is 6.52. The summed E-state index contributed by atoms with van der Waals surface area (Å²) < 4.78 is 10.3. The topological polar surface area (TPSA) is 35.5 Å². The summed E-state index contributed by atoms with van der Waals surface area (Å²) in [6, 6.07) is 5.98. The highest BCUT2D eigenvalue weighted by Gasteiger charge is 2.15. The van der Waals surface area contributed by atoms with E-state index in [2.05, 4.69) is 32.1 Å². The van der Waals surface area contributed by atoms with Crippen LogP contribution in [0.3, 0.4) is 0 Å². The third kappa shape index (κ3) is 4.57. The molecule has 0 amide bonds.